The number of carbonyl (C=O) groups is 4. The van der Waals surface area contributed by atoms with Crippen LogP contribution < -0.4 is 0 Å². The zero-order chi connectivity index (χ0) is 31.8. The molecule has 4 aliphatic rings. The lowest BCUT2D eigenvalue weighted by Crippen LogP contribution is -2.68. The number of hydrogen-bond acceptors (Lipinski definition) is 6. The summed E-state index contributed by atoms with van der Waals surface area (Å²) in [5.74, 6) is -0.953. The van der Waals surface area contributed by atoms with Gasteiger partial charge < -0.3 is 10.0 Å². The van der Waals surface area contributed by atoms with Crippen LogP contribution in [0.1, 0.15) is 81.1 Å². The number of fused-ring (bicyclic) bond motifs is 5. The molecule has 0 radical (unpaired) electrons. The average Bonchev–Trinajstić information content (AvgIpc) is 3.10. The van der Waals surface area contributed by atoms with E-state index in [4.69, 9.17) is 11.6 Å². The Balaban J connectivity index is 0.000000295. The number of carbonyl (C=O) groups excluding carboxylic acids is 4. The molecule has 42 heavy (non-hydrogen) atoms. The third-order valence-electron chi connectivity index (χ3n) is 10.2. The van der Waals surface area contributed by atoms with Crippen LogP contribution in [-0.4, -0.2) is 68.6 Å². The molecule has 3 saturated carbocycles. The molecule has 4 aliphatic carbocycles. The van der Waals surface area contributed by atoms with Gasteiger partial charge in [-0.15, -0.1) is 11.6 Å². The Hall–Kier alpha value is -1.51. The van der Waals surface area contributed by atoms with E-state index in [9.17, 15) is 24.3 Å². The van der Waals surface area contributed by atoms with Gasteiger partial charge in [-0.05, 0) is 67.8 Å². The number of amides is 1. The highest BCUT2D eigenvalue weighted by Gasteiger charge is 2.75. The van der Waals surface area contributed by atoms with Gasteiger partial charge in [-0.2, -0.15) is 0 Å². The molecular weight excluding hydrogens is 577 g/mol. The fourth-order valence-corrected chi connectivity index (χ4v) is 9.07. The van der Waals surface area contributed by atoms with Crippen molar-refractivity contribution < 1.29 is 28.7 Å². The zero-order valence-electron chi connectivity index (χ0n) is 26.5. The highest BCUT2D eigenvalue weighted by Crippen LogP contribution is 2.69. The number of thioether (sulfide) groups is 1. The molecule has 0 spiro atoms. The molecule has 0 aliphatic heterocycles. The lowest BCUT2D eigenvalue weighted by Gasteiger charge is -2.59. The van der Waals surface area contributed by atoms with Gasteiger partial charge in [-0.1, -0.05) is 71.9 Å². The summed E-state index contributed by atoms with van der Waals surface area (Å²) in [4.78, 5) is 51.5. The summed E-state index contributed by atoms with van der Waals surface area (Å²) >= 11 is 7.20. The van der Waals surface area contributed by atoms with E-state index < -0.39 is 45.5 Å². The van der Waals surface area contributed by atoms with Crippen LogP contribution in [0.25, 0.3) is 0 Å². The van der Waals surface area contributed by atoms with E-state index in [1.165, 1.54) is 23.9 Å². The van der Waals surface area contributed by atoms with Gasteiger partial charge in [-0.3, -0.25) is 19.2 Å². The molecule has 0 bridgehead atoms. The number of rotatable bonds is 7. The van der Waals surface area contributed by atoms with E-state index in [1.807, 2.05) is 11.8 Å². The third kappa shape index (κ3) is 5.69. The van der Waals surface area contributed by atoms with Crippen molar-refractivity contribution in [2.75, 3.05) is 24.7 Å². The molecule has 7 atom stereocenters. The molecule has 4 rings (SSSR count). The molecule has 0 aromatic heterocycles. The summed E-state index contributed by atoms with van der Waals surface area (Å²) in [5.41, 5.74) is -5.42. The molecule has 236 valence electrons. The topological polar surface area (TPSA) is 91.8 Å². The van der Waals surface area contributed by atoms with Gasteiger partial charge in [-0.25, -0.2) is 4.39 Å². The van der Waals surface area contributed by atoms with Crippen LogP contribution in [0.5, 0.6) is 0 Å². The molecule has 6 nitrogen and oxygen atoms in total. The Labute approximate surface area is 260 Å². The highest BCUT2D eigenvalue weighted by atomic mass is 35.5. The highest BCUT2D eigenvalue weighted by molar-refractivity contribution is 8.13. The maximum absolute atomic E-state index is 16.8. The second-order valence-corrected chi connectivity index (χ2v) is 15.4. The molecule has 1 N–H and O–H groups in total. The van der Waals surface area contributed by atoms with E-state index >= 15 is 4.39 Å². The lowest BCUT2D eigenvalue weighted by molar-refractivity contribution is -0.185. The van der Waals surface area contributed by atoms with Crippen LogP contribution in [0.4, 0.5) is 9.18 Å². The van der Waals surface area contributed by atoms with Crippen LogP contribution in [0.2, 0.25) is 0 Å². The van der Waals surface area contributed by atoms with Crippen molar-refractivity contribution in [2.45, 2.75) is 92.3 Å². The van der Waals surface area contributed by atoms with Gasteiger partial charge in [0.25, 0.3) is 5.24 Å². The molecule has 3 fully saturated rings. The van der Waals surface area contributed by atoms with Crippen molar-refractivity contribution >= 4 is 46.0 Å². The summed E-state index contributed by atoms with van der Waals surface area (Å²) < 4.78 is 16.8. The van der Waals surface area contributed by atoms with E-state index in [0.29, 0.717) is 36.7 Å². The number of Topliss-reactive ketones (excluding diaryl/α,β-unsaturated/α-hetero) is 2. The van der Waals surface area contributed by atoms with E-state index in [2.05, 4.69) is 27.7 Å². The van der Waals surface area contributed by atoms with Crippen molar-refractivity contribution in [3.63, 3.8) is 0 Å². The first kappa shape index (κ1) is 35.0. The molecule has 0 heterocycles. The Kier molecular flexibility index (Phi) is 10.7. The van der Waals surface area contributed by atoms with E-state index in [0.717, 1.165) is 18.8 Å². The van der Waals surface area contributed by atoms with E-state index in [1.54, 1.807) is 26.8 Å². The normalized spacial score (nSPS) is 37.0. The summed E-state index contributed by atoms with van der Waals surface area (Å²) in [7, 11) is 0. The number of ketones is 3. The zero-order valence-corrected chi connectivity index (χ0v) is 28.0. The number of halogens is 2. The van der Waals surface area contributed by atoms with Crippen molar-refractivity contribution in [2.24, 2.45) is 40.4 Å². The minimum absolute atomic E-state index is 0.181. The van der Waals surface area contributed by atoms with Gasteiger partial charge >= 0.3 is 0 Å². The van der Waals surface area contributed by atoms with Gasteiger partial charge in [0.05, 0.1) is 5.88 Å². The van der Waals surface area contributed by atoms with Gasteiger partial charge in [0, 0.05) is 36.3 Å². The Morgan fingerprint density at radius 1 is 1.14 bits per heavy atom. The summed E-state index contributed by atoms with van der Waals surface area (Å²) in [5, 5.41) is 11.7. The van der Waals surface area contributed by atoms with Crippen LogP contribution >= 0.6 is 23.4 Å². The Morgan fingerprint density at radius 2 is 1.74 bits per heavy atom. The standard InChI is InChI=1S/C22H26ClFO4.C11H23NOS/c1-12-8-16-15-5-4-13-9-14(25)6-7-19(13,2)21(15,24)17(26)10-20(16,3)22(12,28)18(27)11-23;1-6-14-11(13)12(7-9(2)3)8-10(4)5/h6-7,9,12,15-16,28H,4-5,8,10-11H2,1-3H3;9-10H,6-8H2,1-5H3/t12-,15-,16-,19-,20-,21-,22-;/m0./s1. The number of nitrogens with zero attached hydrogens (tertiary/aromatic N) is 1. The monoisotopic (exact) mass is 625 g/mol. The number of hydrogen-bond donors (Lipinski definition) is 1. The maximum atomic E-state index is 16.8. The smallest absolute Gasteiger partial charge is 0.281 e. The van der Waals surface area contributed by atoms with Crippen molar-refractivity contribution in [1.82, 2.24) is 4.90 Å². The Bertz CT molecular complexity index is 1150. The summed E-state index contributed by atoms with van der Waals surface area (Å²) in [6.45, 7) is 17.6. The van der Waals surface area contributed by atoms with Crippen LogP contribution in [0.15, 0.2) is 23.8 Å². The number of alkyl halides is 2. The molecule has 0 unspecified atom stereocenters. The second kappa shape index (κ2) is 12.8. The maximum Gasteiger partial charge on any atom is 0.281 e. The lowest BCUT2D eigenvalue weighted by atomic mass is 9.45. The van der Waals surface area contributed by atoms with Gasteiger partial charge in [0.1, 0.15) is 5.60 Å². The minimum atomic E-state index is -2.15. The molecule has 0 saturated heterocycles. The van der Waals surface area contributed by atoms with Crippen LogP contribution in [0, 0.1) is 40.4 Å². The SMILES string of the molecule is CCSC(=O)N(CC(C)C)CC(C)C.C[C@H]1C[C@H]2[C@@H]3CCC4=CC(=O)C=C[C@]4(C)[C@@]3(F)C(=O)C[C@]2(C)[C@@]1(O)C(=O)CCl. The molecular formula is C33H49ClFNO5S. The quantitative estimate of drug-likeness (QED) is 0.312. The largest absolute Gasteiger partial charge is 0.381 e. The fourth-order valence-electron chi connectivity index (χ4n) is 8.29. The predicted octanol–water partition coefficient (Wildman–Crippen LogP) is 6.82. The van der Waals surface area contributed by atoms with Crippen LogP contribution in [0.3, 0.4) is 0 Å². The first-order valence-corrected chi connectivity index (χ1v) is 16.9. The van der Waals surface area contributed by atoms with Crippen molar-refractivity contribution in [3.8, 4) is 0 Å². The minimum Gasteiger partial charge on any atom is -0.381 e. The Morgan fingerprint density at radius 3 is 2.26 bits per heavy atom. The fraction of sp³-hybridized carbons (Fsp3) is 0.758. The average molecular weight is 626 g/mol. The number of aliphatic hydroxyl groups is 1. The van der Waals surface area contributed by atoms with Crippen LogP contribution in [-0.2, 0) is 14.4 Å². The third-order valence-corrected chi connectivity index (χ3v) is 11.3. The van der Waals surface area contributed by atoms with Gasteiger partial charge in [0.2, 0.25) is 0 Å². The van der Waals surface area contributed by atoms with Crippen molar-refractivity contribution in [1.29, 1.82) is 0 Å². The molecule has 0 aromatic rings. The van der Waals surface area contributed by atoms with Gasteiger partial charge in [0.15, 0.2) is 23.0 Å². The summed E-state index contributed by atoms with van der Waals surface area (Å²) in [6.07, 6.45) is 5.56. The predicted molar refractivity (Wildman–Crippen MR) is 167 cm³/mol. The molecule has 1 amide bonds. The number of allylic oxidation sites excluding steroid dienone is 4. The van der Waals surface area contributed by atoms with Crippen molar-refractivity contribution in [3.05, 3.63) is 23.8 Å². The summed E-state index contributed by atoms with van der Waals surface area (Å²) in [6, 6.07) is 0. The first-order chi connectivity index (χ1) is 19.4. The molecule has 0 aromatic carbocycles. The second-order valence-electron chi connectivity index (χ2n) is 13.9. The van der Waals surface area contributed by atoms with E-state index in [-0.39, 0.29) is 29.2 Å². The first-order valence-electron chi connectivity index (χ1n) is 15.3. The molecule has 9 heteroatoms.